The second kappa shape index (κ2) is 9.17. The lowest BCUT2D eigenvalue weighted by atomic mass is 9.41. The topological polar surface area (TPSA) is 72.1 Å². The van der Waals surface area contributed by atoms with E-state index in [0.717, 1.165) is 70.6 Å². The Bertz CT molecular complexity index is 1860. The maximum atomic E-state index is 14.7. The molecule has 0 atom stereocenters. The number of carbonyl (C=O) groups excluding carboxylic acids is 1. The summed E-state index contributed by atoms with van der Waals surface area (Å²) in [5.74, 6) is 0.124. The quantitative estimate of drug-likeness (QED) is 0.187. The predicted octanol–water partition coefficient (Wildman–Crippen LogP) is 8.77. The Morgan fingerprint density at radius 1 is 0.935 bits per heavy atom. The summed E-state index contributed by atoms with van der Waals surface area (Å²) in [7, 11) is 0. The predicted molar refractivity (Wildman–Crippen MR) is 165 cm³/mol. The molecule has 0 saturated heterocycles. The van der Waals surface area contributed by atoms with Crippen LogP contribution in [0.4, 0.5) is 23.2 Å². The normalized spacial score (nSPS) is 32.2. The molecule has 46 heavy (non-hydrogen) atoms. The van der Waals surface area contributed by atoms with E-state index in [1.54, 1.807) is 11.3 Å². The van der Waals surface area contributed by atoms with Crippen molar-refractivity contribution in [2.45, 2.75) is 100 Å². The van der Waals surface area contributed by atoms with Gasteiger partial charge in [0.25, 0.3) is 0 Å². The van der Waals surface area contributed by atoms with E-state index in [0.29, 0.717) is 31.6 Å². The number of rotatable bonds is 7. The molecule has 7 aliphatic carbocycles. The van der Waals surface area contributed by atoms with Crippen LogP contribution in [0.25, 0.3) is 21.3 Å². The van der Waals surface area contributed by atoms with Crippen molar-refractivity contribution in [1.29, 1.82) is 0 Å². The zero-order valence-corrected chi connectivity index (χ0v) is 26.4. The van der Waals surface area contributed by atoms with E-state index in [2.05, 4.69) is 39.4 Å². The van der Waals surface area contributed by atoms with Crippen LogP contribution in [0.1, 0.15) is 87.4 Å². The Labute approximate surface area is 267 Å². The molecule has 0 N–H and O–H groups in total. The SMILES string of the molecule is Cc1nc2ccc(-c3cccc(N(CC45CCC(c6noc(C7(C(F)(F)F)CC7)n6)(CC4)CC5)C(=O)C45CC(F)(C4)C5)c3)cc2s1. The van der Waals surface area contributed by atoms with Crippen LogP contribution in [-0.4, -0.2) is 39.4 Å². The van der Waals surface area contributed by atoms with Gasteiger partial charge in [-0.05, 0) is 118 Å². The monoisotopic (exact) mass is 650 g/mol. The Hall–Kier alpha value is -3.34. The number of hydrogen-bond acceptors (Lipinski definition) is 6. The zero-order chi connectivity index (χ0) is 31.7. The summed E-state index contributed by atoms with van der Waals surface area (Å²) < 4.78 is 62.2. The number of thiazole rings is 1. The van der Waals surface area contributed by atoms with E-state index < -0.39 is 28.1 Å². The third-order valence-corrected chi connectivity index (χ3v) is 13.1. The average Bonchev–Trinajstić information content (AvgIpc) is 3.53. The molecule has 2 heterocycles. The third-order valence-electron chi connectivity index (χ3n) is 12.1. The number of aryl methyl sites for hydroxylation is 1. The number of halogens is 4. The Morgan fingerprint density at radius 2 is 1.63 bits per heavy atom. The highest BCUT2D eigenvalue weighted by molar-refractivity contribution is 7.18. The van der Waals surface area contributed by atoms with Crippen LogP contribution in [0.2, 0.25) is 0 Å². The van der Waals surface area contributed by atoms with Crippen LogP contribution < -0.4 is 4.90 Å². The molecule has 11 heteroatoms. The molecule has 7 fully saturated rings. The number of carbonyl (C=O) groups is 1. The average molecular weight is 651 g/mol. The first kappa shape index (κ1) is 28.8. The molecular formula is C35H34F4N4O2S. The van der Waals surface area contributed by atoms with Crippen LogP contribution in [0.3, 0.4) is 0 Å². The van der Waals surface area contributed by atoms with E-state index in [4.69, 9.17) is 4.52 Å². The van der Waals surface area contributed by atoms with Crippen molar-refractivity contribution >= 4 is 33.1 Å². The molecule has 2 aromatic heterocycles. The van der Waals surface area contributed by atoms with Gasteiger partial charge >= 0.3 is 6.18 Å². The van der Waals surface area contributed by atoms with Gasteiger partial charge in [-0.3, -0.25) is 4.79 Å². The van der Waals surface area contributed by atoms with Crippen molar-refractivity contribution in [3.63, 3.8) is 0 Å². The minimum absolute atomic E-state index is 0.0101. The zero-order valence-electron chi connectivity index (χ0n) is 25.6. The molecule has 1 amide bonds. The summed E-state index contributed by atoms with van der Waals surface area (Å²) in [6.45, 7) is 2.53. The van der Waals surface area contributed by atoms with Gasteiger partial charge in [0.15, 0.2) is 5.82 Å². The van der Waals surface area contributed by atoms with Crippen LogP contribution in [0.15, 0.2) is 47.0 Å². The van der Waals surface area contributed by atoms with Gasteiger partial charge in [0.2, 0.25) is 11.8 Å². The third kappa shape index (κ3) is 4.12. The lowest BCUT2D eigenvalue weighted by molar-refractivity contribution is -0.211. The van der Waals surface area contributed by atoms with Crippen LogP contribution in [0.5, 0.6) is 0 Å². The Kier molecular flexibility index (Phi) is 5.75. The van der Waals surface area contributed by atoms with Gasteiger partial charge in [-0.2, -0.15) is 18.2 Å². The highest BCUT2D eigenvalue weighted by Crippen LogP contribution is 2.70. The summed E-state index contributed by atoms with van der Waals surface area (Å²) >= 11 is 1.65. The molecule has 4 bridgehead atoms. The second-order valence-electron chi connectivity index (χ2n) is 15.1. The molecule has 0 radical (unpaired) electrons. The fourth-order valence-corrected chi connectivity index (χ4v) is 9.94. The first-order valence-electron chi connectivity index (χ1n) is 16.2. The van der Waals surface area contributed by atoms with Crippen LogP contribution in [0, 0.1) is 17.8 Å². The molecule has 2 aromatic carbocycles. The molecule has 0 aliphatic heterocycles. The maximum Gasteiger partial charge on any atom is 0.403 e. The van der Waals surface area contributed by atoms with Crippen molar-refractivity contribution in [1.82, 2.24) is 15.1 Å². The molecule has 7 aliphatic rings. The fourth-order valence-electron chi connectivity index (χ4n) is 9.08. The number of fused-ring (bicyclic) bond motifs is 4. The van der Waals surface area contributed by atoms with Gasteiger partial charge in [-0.15, -0.1) is 11.3 Å². The van der Waals surface area contributed by atoms with Crippen molar-refractivity contribution in [2.24, 2.45) is 10.8 Å². The van der Waals surface area contributed by atoms with Gasteiger partial charge in [-0.1, -0.05) is 23.4 Å². The van der Waals surface area contributed by atoms with Gasteiger partial charge in [-0.25, -0.2) is 9.37 Å². The summed E-state index contributed by atoms with van der Waals surface area (Å²) in [4.78, 5) is 25.2. The van der Waals surface area contributed by atoms with E-state index in [9.17, 15) is 22.4 Å². The smallest absolute Gasteiger partial charge is 0.338 e. The fraction of sp³-hybridized carbons (Fsp3) is 0.543. The number of amides is 1. The summed E-state index contributed by atoms with van der Waals surface area (Å²) in [5.41, 5.74) is -0.482. The van der Waals surface area contributed by atoms with Crippen molar-refractivity contribution in [3.05, 3.63) is 59.2 Å². The number of alkyl halides is 4. The van der Waals surface area contributed by atoms with Crippen molar-refractivity contribution in [3.8, 4) is 11.1 Å². The lowest BCUT2D eigenvalue weighted by Gasteiger charge is -2.65. The van der Waals surface area contributed by atoms with Crippen LogP contribution in [-0.2, 0) is 15.6 Å². The van der Waals surface area contributed by atoms with Crippen molar-refractivity contribution < 1.29 is 26.9 Å². The second-order valence-corrected chi connectivity index (χ2v) is 16.3. The summed E-state index contributed by atoms with van der Waals surface area (Å²) in [6, 6.07) is 14.3. The minimum atomic E-state index is -4.40. The van der Waals surface area contributed by atoms with Crippen LogP contribution >= 0.6 is 11.3 Å². The van der Waals surface area contributed by atoms with E-state index in [1.165, 1.54) is 0 Å². The van der Waals surface area contributed by atoms with Gasteiger partial charge in [0.1, 0.15) is 11.1 Å². The van der Waals surface area contributed by atoms with E-state index in [1.807, 2.05) is 30.0 Å². The minimum Gasteiger partial charge on any atom is -0.338 e. The molecule has 0 spiro atoms. The Balaban J connectivity index is 0.994. The number of anilines is 1. The summed E-state index contributed by atoms with van der Waals surface area (Å²) in [6.07, 6.45) is 1.12. The number of benzene rings is 2. The Morgan fingerprint density at radius 3 is 2.28 bits per heavy atom. The summed E-state index contributed by atoms with van der Waals surface area (Å²) in [5, 5.41) is 5.13. The molecular weight excluding hydrogens is 616 g/mol. The molecule has 0 unspecified atom stereocenters. The largest absolute Gasteiger partial charge is 0.403 e. The first-order valence-corrected chi connectivity index (χ1v) is 17.1. The first-order chi connectivity index (χ1) is 21.8. The molecule has 7 saturated carbocycles. The maximum absolute atomic E-state index is 14.7. The molecule has 6 nitrogen and oxygen atoms in total. The number of hydrogen-bond donors (Lipinski definition) is 0. The van der Waals surface area contributed by atoms with E-state index >= 15 is 0 Å². The molecule has 11 rings (SSSR count). The lowest BCUT2D eigenvalue weighted by Crippen LogP contribution is -2.71. The number of nitrogens with zero attached hydrogens (tertiary/aromatic N) is 4. The molecule has 240 valence electrons. The van der Waals surface area contributed by atoms with Gasteiger partial charge in [0.05, 0.1) is 20.6 Å². The van der Waals surface area contributed by atoms with E-state index in [-0.39, 0.29) is 30.1 Å². The highest BCUT2D eigenvalue weighted by atomic mass is 32.1. The van der Waals surface area contributed by atoms with Gasteiger partial charge < -0.3 is 9.42 Å². The highest BCUT2D eigenvalue weighted by Gasteiger charge is 2.74. The number of aromatic nitrogens is 3. The van der Waals surface area contributed by atoms with Crippen molar-refractivity contribution in [2.75, 3.05) is 11.4 Å². The van der Waals surface area contributed by atoms with Gasteiger partial charge in [0, 0.05) is 17.6 Å². The standard InChI is InChI=1S/C35H34F4N4O2S/c1-21-40-25-6-5-23(16-26(25)46-21)22-3-2-4-24(15-22)43(29(44)32-17-33(36,18-32)19-32)20-30-7-10-31(11-8-30,12-9-30)27-41-28(45-42-27)34(13-14-34)35(37,38)39/h2-6,15-16H,7-14,17-20H2,1H3. The molecule has 4 aromatic rings.